The third-order valence-corrected chi connectivity index (χ3v) is 9.16. The molecule has 0 aliphatic carbocycles. The number of nitrogens with two attached hydrogens (primary N) is 2. The van der Waals surface area contributed by atoms with Gasteiger partial charge in [0.1, 0.15) is 28.3 Å². The molecule has 2 amide bonds. The fourth-order valence-electron chi connectivity index (χ4n) is 4.38. The zero-order chi connectivity index (χ0) is 28.4. The quantitative estimate of drug-likeness (QED) is 0.0783. The molecule has 2 aliphatic heterocycles. The Morgan fingerprint density at radius 2 is 2.23 bits per heavy atom. The number of hydrogen-bond acceptors (Lipinski definition) is 11. The number of carboxylic acid groups (broad SMARTS) is 1. The molecule has 0 spiro atoms. The fourth-order valence-corrected chi connectivity index (χ4v) is 7.06. The normalized spacial score (nSPS) is 19.0. The highest BCUT2D eigenvalue weighted by molar-refractivity contribution is 8.00. The minimum atomic E-state index is -1.27. The van der Waals surface area contributed by atoms with E-state index in [1.54, 1.807) is 11.8 Å². The van der Waals surface area contributed by atoms with Crippen molar-refractivity contribution in [1.82, 2.24) is 19.6 Å². The van der Waals surface area contributed by atoms with E-state index < -0.39 is 36.1 Å². The zero-order valence-corrected chi connectivity index (χ0v) is 23.2. The molecule has 13 nitrogen and oxygen atoms in total. The molecular formula is C23H24FN8O5S3+. The molecule has 2 aliphatic rings. The highest BCUT2D eigenvalue weighted by atomic mass is 32.2. The second kappa shape index (κ2) is 11.8. The van der Waals surface area contributed by atoms with E-state index in [2.05, 4.69) is 20.3 Å². The van der Waals surface area contributed by atoms with Crippen LogP contribution < -0.4 is 21.4 Å². The Morgan fingerprint density at radius 3 is 2.92 bits per heavy atom. The Kier molecular flexibility index (Phi) is 8.24. The molecule has 0 radical (unpaired) electrons. The summed E-state index contributed by atoms with van der Waals surface area (Å²) in [7, 11) is 0. The van der Waals surface area contributed by atoms with Crippen molar-refractivity contribution in [1.29, 1.82) is 0 Å². The van der Waals surface area contributed by atoms with Gasteiger partial charge in [0, 0.05) is 29.0 Å². The van der Waals surface area contributed by atoms with Crippen molar-refractivity contribution in [3.63, 3.8) is 0 Å². The van der Waals surface area contributed by atoms with Crippen molar-refractivity contribution in [2.45, 2.75) is 23.0 Å². The largest absolute Gasteiger partial charge is 0.477 e. The van der Waals surface area contributed by atoms with Crippen LogP contribution in [-0.4, -0.2) is 79.2 Å². The molecule has 40 heavy (non-hydrogen) atoms. The van der Waals surface area contributed by atoms with E-state index in [1.165, 1.54) is 22.0 Å². The minimum Gasteiger partial charge on any atom is -0.477 e. The summed E-state index contributed by atoms with van der Waals surface area (Å²) in [6, 6.07) is 2.95. The number of nitrogens with one attached hydrogen (secondary N) is 1. The lowest BCUT2D eigenvalue weighted by Gasteiger charge is -2.49. The zero-order valence-electron chi connectivity index (χ0n) is 20.7. The van der Waals surface area contributed by atoms with Crippen LogP contribution in [0.4, 0.5) is 9.52 Å². The third kappa shape index (κ3) is 5.36. The number of β-lactam (4-membered cyclic amide) rings is 1. The SMILES string of the molecule is NCCSc1ccc2c[n+](CC3=C(C(=O)O)N4C(=O)[C@@H](NC(=O)/C(=N\OCF)c5csc(N)n5)[C@H]4SC3)ccn12. The molecule has 0 aromatic carbocycles. The maximum absolute atomic E-state index is 13.1. The van der Waals surface area contributed by atoms with Gasteiger partial charge in [0.05, 0.1) is 11.2 Å². The second-order valence-electron chi connectivity index (χ2n) is 8.57. The van der Waals surface area contributed by atoms with Crippen molar-refractivity contribution in [3.8, 4) is 0 Å². The molecule has 210 valence electrons. The van der Waals surface area contributed by atoms with Crippen LogP contribution in [0.3, 0.4) is 0 Å². The molecule has 0 unspecified atom stereocenters. The number of rotatable bonds is 11. The maximum Gasteiger partial charge on any atom is 0.352 e. The van der Waals surface area contributed by atoms with Crippen LogP contribution >= 0.6 is 34.9 Å². The highest BCUT2D eigenvalue weighted by Crippen LogP contribution is 2.40. The van der Waals surface area contributed by atoms with Gasteiger partial charge in [-0.25, -0.2) is 14.2 Å². The molecule has 17 heteroatoms. The second-order valence-corrected chi connectivity index (χ2v) is 11.7. The maximum atomic E-state index is 13.1. The number of aliphatic carboxylic acids is 1. The van der Waals surface area contributed by atoms with Crippen molar-refractivity contribution in [3.05, 3.63) is 53.1 Å². The van der Waals surface area contributed by atoms with Gasteiger partial charge in [-0.05, 0) is 12.1 Å². The summed E-state index contributed by atoms with van der Waals surface area (Å²) in [5.41, 5.74) is 12.3. The molecule has 3 aromatic heterocycles. The number of thiazole rings is 1. The van der Waals surface area contributed by atoms with E-state index in [1.807, 2.05) is 39.7 Å². The van der Waals surface area contributed by atoms with Gasteiger partial charge in [-0.2, -0.15) is 4.57 Å². The summed E-state index contributed by atoms with van der Waals surface area (Å²) >= 11 is 4.02. The molecule has 0 bridgehead atoms. The Morgan fingerprint density at radius 1 is 1.40 bits per heavy atom. The Bertz CT molecular complexity index is 1540. The molecule has 2 atom stereocenters. The summed E-state index contributed by atoms with van der Waals surface area (Å²) in [5, 5.41) is 18.1. The van der Waals surface area contributed by atoms with E-state index in [-0.39, 0.29) is 28.8 Å². The molecule has 5 heterocycles. The molecule has 1 saturated heterocycles. The molecule has 1 fully saturated rings. The topological polar surface area (TPSA) is 182 Å². The molecule has 6 N–H and O–H groups in total. The lowest BCUT2D eigenvalue weighted by Crippen LogP contribution is -2.71. The van der Waals surface area contributed by atoms with Gasteiger partial charge in [-0.3, -0.25) is 14.5 Å². The monoisotopic (exact) mass is 607 g/mol. The van der Waals surface area contributed by atoms with Gasteiger partial charge in [0.2, 0.25) is 0 Å². The number of halogens is 1. The first-order valence-electron chi connectivity index (χ1n) is 11.8. The van der Waals surface area contributed by atoms with Crippen molar-refractivity contribution >= 4 is 69.0 Å². The lowest BCUT2D eigenvalue weighted by molar-refractivity contribution is -0.688. The summed E-state index contributed by atoms with van der Waals surface area (Å²) in [5.74, 6) is -1.53. The van der Waals surface area contributed by atoms with Crippen LogP contribution in [-0.2, 0) is 25.8 Å². The number of amides is 2. The van der Waals surface area contributed by atoms with Crippen molar-refractivity contribution in [2.75, 3.05) is 30.6 Å². The van der Waals surface area contributed by atoms with Gasteiger partial charge < -0.3 is 31.1 Å². The number of nitrogens with zero attached hydrogens (tertiary/aromatic N) is 5. The molecule has 3 aromatic rings. The average Bonchev–Trinajstić information content (AvgIpc) is 3.55. The molecule has 5 rings (SSSR count). The standard InChI is InChI=1S/C23H23FN8O5S3/c24-11-37-29-16(14-10-40-23(26)27-14)19(33)28-17-20(34)32-18(22(35)36)12(9-39-21(17)32)7-30-4-5-31-13(8-30)1-2-15(31)38-6-3-25/h1-2,4-5,8,10,17,21H,3,6-7,9,11,25H2,(H3-,26,27,28,33,35,36)/p+1/b29-16-/t17-,21-/m1/s1. The van der Waals surface area contributed by atoms with E-state index in [0.29, 0.717) is 17.9 Å². The Labute approximate surface area is 239 Å². The number of carbonyl (C=O) groups excluding carboxylic acids is 2. The molecular weight excluding hydrogens is 584 g/mol. The number of nitrogen functional groups attached to an aromatic ring is 1. The van der Waals surface area contributed by atoms with Crippen LogP contribution in [0.25, 0.3) is 5.52 Å². The average molecular weight is 608 g/mol. The van der Waals surface area contributed by atoms with Crippen LogP contribution in [0.5, 0.6) is 0 Å². The first-order valence-corrected chi connectivity index (χ1v) is 14.7. The van der Waals surface area contributed by atoms with Crippen LogP contribution in [0.2, 0.25) is 0 Å². The number of fused-ring (bicyclic) bond motifs is 2. The smallest absolute Gasteiger partial charge is 0.352 e. The van der Waals surface area contributed by atoms with Gasteiger partial charge >= 0.3 is 5.97 Å². The van der Waals surface area contributed by atoms with Gasteiger partial charge in [0.15, 0.2) is 29.8 Å². The number of oxime groups is 1. The first-order chi connectivity index (χ1) is 19.3. The summed E-state index contributed by atoms with van der Waals surface area (Å²) in [4.78, 5) is 47.9. The minimum absolute atomic E-state index is 0.0591. The summed E-state index contributed by atoms with van der Waals surface area (Å²) < 4.78 is 16.4. The third-order valence-electron chi connectivity index (χ3n) is 6.08. The highest BCUT2D eigenvalue weighted by Gasteiger charge is 2.54. The van der Waals surface area contributed by atoms with Crippen LogP contribution in [0.15, 0.2) is 57.6 Å². The number of alkyl halides is 1. The fraction of sp³-hybridized carbons (Fsp3) is 0.304. The van der Waals surface area contributed by atoms with Crippen LogP contribution in [0, 0.1) is 0 Å². The molecule has 0 saturated carbocycles. The number of carbonyl (C=O) groups is 3. The number of aromatic nitrogens is 3. The van der Waals surface area contributed by atoms with E-state index in [9.17, 15) is 23.9 Å². The predicted molar refractivity (Wildman–Crippen MR) is 147 cm³/mol. The lowest BCUT2D eigenvalue weighted by atomic mass is 10.0. The van der Waals surface area contributed by atoms with Crippen molar-refractivity contribution in [2.24, 2.45) is 10.9 Å². The number of anilines is 1. The van der Waals surface area contributed by atoms with Gasteiger partial charge in [0.25, 0.3) is 18.7 Å². The number of thioether (sulfide) groups is 2. The van der Waals surface area contributed by atoms with Gasteiger partial charge in [-0.1, -0.05) is 5.16 Å². The Hall–Kier alpha value is -3.67. The number of carboxylic acids is 1. The number of hydrogen-bond donors (Lipinski definition) is 4. The summed E-state index contributed by atoms with van der Waals surface area (Å²) in [6.07, 6.45) is 5.65. The van der Waals surface area contributed by atoms with E-state index >= 15 is 0 Å². The Balaban J connectivity index is 1.33. The van der Waals surface area contributed by atoms with Crippen LogP contribution in [0.1, 0.15) is 5.69 Å². The van der Waals surface area contributed by atoms with Gasteiger partial charge in [-0.15, -0.1) is 34.9 Å². The summed E-state index contributed by atoms with van der Waals surface area (Å²) in [6.45, 7) is -0.444. The predicted octanol–water partition coefficient (Wildman–Crippen LogP) is 0.403. The van der Waals surface area contributed by atoms with Crippen molar-refractivity contribution < 1.29 is 33.3 Å². The van der Waals surface area contributed by atoms with E-state index in [4.69, 9.17) is 11.5 Å². The van der Waals surface area contributed by atoms with E-state index in [0.717, 1.165) is 27.6 Å². The first kappa shape index (κ1) is 27.9.